The number of anilines is 1. The van der Waals surface area contributed by atoms with Crippen molar-refractivity contribution in [2.24, 2.45) is 0 Å². The molecular weight excluding hydrogens is 405 g/mol. The molecule has 0 saturated carbocycles. The van der Waals surface area contributed by atoms with E-state index in [9.17, 15) is 4.79 Å². The molecule has 0 aliphatic carbocycles. The number of hydrogen-bond acceptors (Lipinski definition) is 7. The predicted molar refractivity (Wildman–Crippen MR) is 108 cm³/mol. The zero-order valence-corrected chi connectivity index (χ0v) is 16.6. The molecule has 31 heavy (non-hydrogen) atoms. The van der Waals surface area contributed by atoms with Crippen molar-refractivity contribution in [2.75, 3.05) is 31.6 Å². The lowest BCUT2D eigenvalue weighted by Gasteiger charge is -2.35. The molecule has 2 aromatic heterocycles. The van der Waals surface area contributed by atoms with E-state index < -0.39 is 11.7 Å². The molecule has 0 spiro atoms. The number of pyridine rings is 1. The number of halogens is 1. The zero-order chi connectivity index (χ0) is 21.3. The third kappa shape index (κ3) is 3.88. The molecule has 2 amide bonds. The monoisotopic (exact) mass is 425 g/mol. The highest BCUT2D eigenvalue weighted by molar-refractivity contribution is 5.90. The van der Waals surface area contributed by atoms with Crippen LogP contribution in [0, 0.1) is 0 Å². The number of piperidine rings is 1. The first-order chi connectivity index (χ1) is 15.1. The van der Waals surface area contributed by atoms with Crippen molar-refractivity contribution < 1.29 is 23.2 Å². The SMILES string of the molecule is O=C(Nc1ccc2c(c1)OCCO2)N1CCCC(F)(c2nc(-c3cccnc3)no2)C1. The third-order valence-corrected chi connectivity index (χ3v) is 5.25. The van der Waals surface area contributed by atoms with Crippen molar-refractivity contribution in [1.82, 2.24) is 20.0 Å². The number of alkyl halides is 1. The maximum atomic E-state index is 15.7. The van der Waals surface area contributed by atoms with Gasteiger partial charge >= 0.3 is 6.03 Å². The molecule has 1 N–H and O–H groups in total. The lowest BCUT2D eigenvalue weighted by molar-refractivity contribution is 0.0333. The molecule has 0 bridgehead atoms. The van der Waals surface area contributed by atoms with Gasteiger partial charge in [-0.1, -0.05) is 5.16 Å². The van der Waals surface area contributed by atoms with Crippen LogP contribution in [0.5, 0.6) is 11.5 Å². The van der Waals surface area contributed by atoms with Gasteiger partial charge in [-0.15, -0.1) is 0 Å². The number of benzene rings is 1. The average Bonchev–Trinajstić information content (AvgIpc) is 3.31. The number of aromatic nitrogens is 3. The number of fused-ring (bicyclic) bond motifs is 1. The summed E-state index contributed by atoms with van der Waals surface area (Å²) in [6, 6.07) is 8.23. The van der Waals surface area contributed by atoms with Crippen LogP contribution < -0.4 is 14.8 Å². The maximum Gasteiger partial charge on any atom is 0.321 e. The molecule has 10 heteroatoms. The summed E-state index contributed by atoms with van der Waals surface area (Å²) in [5.74, 6) is 1.32. The van der Waals surface area contributed by atoms with Crippen molar-refractivity contribution in [3.63, 3.8) is 0 Å². The molecular formula is C21H20FN5O4. The third-order valence-electron chi connectivity index (χ3n) is 5.25. The van der Waals surface area contributed by atoms with Gasteiger partial charge in [0.25, 0.3) is 5.89 Å². The summed E-state index contributed by atoms with van der Waals surface area (Å²) in [6.07, 6.45) is 3.86. The van der Waals surface area contributed by atoms with Crippen LogP contribution in [0.4, 0.5) is 14.9 Å². The molecule has 1 fully saturated rings. The van der Waals surface area contributed by atoms with Gasteiger partial charge in [0.2, 0.25) is 11.5 Å². The Kier molecular flexibility index (Phi) is 4.89. The van der Waals surface area contributed by atoms with Crippen molar-refractivity contribution in [2.45, 2.75) is 18.5 Å². The Labute approximate surface area is 177 Å². The summed E-state index contributed by atoms with van der Waals surface area (Å²) < 4.78 is 32.0. The van der Waals surface area contributed by atoms with E-state index in [4.69, 9.17) is 14.0 Å². The maximum absolute atomic E-state index is 15.7. The van der Waals surface area contributed by atoms with Gasteiger partial charge in [0.1, 0.15) is 13.2 Å². The molecule has 4 heterocycles. The highest BCUT2D eigenvalue weighted by Crippen LogP contribution is 2.36. The first kappa shape index (κ1) is 19.3. The fraction of sp³-hybridized carbons (Fsp3) is 0.333. The number of amides is 2. The van der Waals surface area contributed by atoms with E-state index in [2.05, 4.69) is 20.4 Å². The molecule has 160 valence electrons. The van der Waals surface area contributed by atoms with E-state index in [-0.39, 0.29) is 24.7 Å². The van der Waals surface area contributed by atoms with Crippen molar-refractivity contribution >= 4 is 11.7 Å². The first-order valence-electron chi connectivity index (χ1n) is 10.00. The van der Waals surface area contributed by atoms with Crippen LogP contribution >= 0.6 is 0 Å². The second-order valence-electron chi connectivity index (χ2n) is 7.44. The second-order valence-corrected chi connectivity index (χ2v) is 7.44. The Hall–Kier alpha value is -3.69. The van der Waals surface area contributed by atoms with E-state index in [1.165, 1.54) is 4.90 Å². The van der Waals surface area contributed by atoms with E-state index in [1.807, 2.05) is 0 Å². The molecule has 3 aromatic rings. The number of urea groups is 1. The normalized spacial score (nSPS) is 20.4. The van der Waals surface area contributed by atoms with Crippen molar-refractivity contribution in [1.29, 1.82) is 0 Å². The number of nitrogens with zero attached hydrogens (tertiary/aromatic N) is 4. The largest absolute Gasteiger partial charge is 0.486 e. The Bertz CT molecular complexity index is 1090. The summed E-state index contributed by atoms with van der Waals surface area (Å²) >= 11 is 0. The number of carbonyl (C=O) groups excluding carboxylic acids is 1. The summed E-state index contributed by atoms with van der Waals surface area (Å²) in [4.78, 5) is 22.4. The fourth-order valence-corrected chi connectivity index (χ4v) is 3.70. The minimum atomic E-state index is -1.92. The predicted octanol–water partition coefficient (Wildman–Crippen LogP) is 3.40. The van der Waals surface area contributed by atoms with E-state index in [0.29, 0.717) is 48.9 Å². The number of rotatable bonds is 3. The molecule has 9 nitrogen and oxygen atoms in total. The second kappa shape index (κ2) is 7.86. The van der Waals surface area contributed by atoms with Crippen LogP contribution in [0.15, 0.2) is 47.2 Å². The molecule has 5 rings (SSSR count). The Balaban J connectivity index is 1.29. The van der Waals surface area contributed by atoms with Crippen molar-refractivity contribution in [3.8, 4) is 22.9 Å². The topological polar surface area (TPSA) is 103 Å². The van der Waals surface area contributed by atoms with Gasteiger partial charge in [0.05, 0.1) is 6.54 Å². The number of likely N-dealkylation sites (tertiary alicyclic amines) is 1. The number of carbonyl (C=O) groups is 1. The quantitative estimate of drug-likeness (QED) is 0.686. The molecule has 0 radical (unpaired) electrons. The van der Waals surface area contributed by atoms with Crippen LogP contribution in [0.1, 0.15) is 18.7 Å². The number of ether oxygens (including phenoxy) is 2. The highest BCUT2D eigenvalue weighted by atomic mass is 19.1. The van der Waals surface area contributed by atoms with Crippen molar-refractivity contribution in [3.05, 3.63) is 48.6 Å². The van der Waals surface area contributed by atoms with Gasteiger partial charge in [-0.05, 0) is 37.1 Å². The summed E-state index contributed by atoms with van der Waals surface area (Å²) in [6.45, 7) is 1.18. The van der Waals surface area contributed by atoms with E-state index in [0.717, 1.165) is 0 Å². The first-order valence-corrected chi connectivity index (χ1v) is 10.00. The molecule has 2 aliphatic rings. The number of nitrogens with one attached hydrogen (secondary N) is 1. The van der Waals surface area contributed by atoms with Crippen LogP contribution in [0.2, 0.25) is 0 Å². The Morgan fingerprint density at radius 1 is 1.19 bits per heavy atom. The zero-order valence-electron chi connectivity index (χ0n) is 16.6. The highest BCUT2D eigenvalue weighted by Gasteiger charge is 2.44. The van der Waals surface area contributed by atoms with Crippen LogP contribution in [-0.4, -0.2) is 52.4 Å². The van der Waals surface area contributed by atoms with Gasteiger partial charge in [-0.2, -0.15) is 4.98 Å². The number of hydrogen-bond donors (Lipinski definition) is 1. The Morgan fingerprint density at radius 2 is 2.06 bits per heavy atom. The molecule has 2 aliphatic heterocycles. The van der Waals surface area contributed by atoms with Crippen LogP contribution in [-0.2, 0) is 5.67 Å². The molecule has 1 unspecified atom stereocenters. The van der Waals surface area contributed by atoms with Gasteiger partial charge in [-0.25, -0.2) is 9.18 Å². The summed E-state index contributed by atoms with van der Waals surface area (Å²) in [7, 11) is 0. The summed E-state index contributed by atoms with van der Waals surface area (Å²) in [5.41, 5.74) is -0.749. The summed E-state index contributed by atoms with van der Waals surface area (Å²) in [5, 5.41) is 6.67. The van der Waals surface area contributed by atoms with Gasteiger partial charge < -0.3 is 24.2 Å². The Morgan fingerprint density at radius 3 is 2.90 bits per heavy atom. The fourth-order valence-electron chi connectivity index (χ4n) is 3.70. The average molecular weight is 425 g/mol. The van der Waals surface area contributed by atoms with Gasteiger partial charge in [0.15, 0.2) is 11.5 Å². The molecule has 1 aromatic carbocycles. The molecule has 1 atom stereocenters. The minimum absolute atomic E-state index is 0.136. The molecule has 1 saturated heterocycles. The van der Waals surface area contributed by atoms with E-state index in [1.54, 1.807) is 42.7 Å². The van der Waals surface area contributed by atoms with E-state index >= 15 is 4.39 Å². The smallest absolute Gasteiger partial charge is 0.321 e. The minimum Gasteiger partial charge on any atom is -0.486 e. The van der Waals surface area contributed by atoms with Gasteiger partial charge in [0, 0.05) is 36.3 Å². The van der Waals surface area contributed by atoms with Crippen LogP contribution in [0.3, 0.4) is 0 Å². The van der Waals surface area contributed by atoms with Crippen LogP contribution in [0.25, 0.3) is 11.4 Å². The standard InChI is InChI=1S/C21H20FN5O4/c22-21(19-25-18(26-31-19)14-3-1-7-23-12-14)6-2-8-27(13-21)20(28)24-15-4-5-16-17(11-15)30-10-9-29-16/h1,3-5,7,11-12H,2,6,8-10,13H2,(H,24,28). The lowest BCUT2D eigenvalue weighted by atomic mass is 9.94. The lowest BCUT2D eigenvalue weighted by Crippen LogP contribution is -2.48. The van der Waals surface area contributed by atoms with Gasteiger partial charge in [-0.3, -0.25) is 4.98 Å².